The molecule has 1 unspecified atom stereocenters. The van der Waals surface area contributed by atoms with Crippen molar-refractivity contribution in [3.63, 3.8) is 0 Å². The van der Waals surface area contributed by atoms with Crippen molar-refractivity contribution >= 4 is 17.7 Å². The maximum atomic E-state index is 11.6. The van der Waals surface area contributed by atoms with Crippen molar-refractivity contribution in [2.45, 2.75) is 13.5 Å². The molecule has 0 radical (unpaired) electrons. The summed E-state index contributed by atoms with van der Waals surface area (Å²) in [5.41, 5.74) is 6.56. The number of thioether (sulfide) groups is 1. The van der Waals surface area contributed by atoms with Gasteiger partial charge in [-0.15, -0.1) is 0 Å². The average molecular weight is 282 g/mol. The number of hydrogen-bond acceptors (Lipinski definition) is 4. The van der Waals surface area contributed by atoms with Crippen LogP contribution in [0.15, 0.2) is 24.3 Å². The molecule has 0 aromatic heterocycles. The van der Waals surface area contributed by atoms with Gasteiger partial charge in [0.25, 0.3) is 0 Å². The van der Waals surface area contributed by atoms with Crippen molar-refractivity contribution in [3.05, 3.63) is 29.8 Å². The number of rotatable bonds is 8. The Kier molecular flexibility index (Phi) is 7.36. The molecule has 3 N–H and O–H groups in total. The molecule has 1 aromatic carbocycles. The first-order valence-electron chi connectivity index (χ1n) is 6.33. The largest absolute Gasteiger partial charge is 0.497 e. The lowest BCUT2D eigenvalue weighted by Gasteiger charge is -2.09. The Morgan fingerprint density at radius 3 is 3.00 bits per heavy atom. The lowest BCUT2D eigenvalue weighted by Crippen LogP contribution is -2.25. The molecule has 5 heteroatoms. The first-order valence-corrected chi connectivity index (χ1v) is 7.48. The van der Waals surface area contributed by atoms with Gasteiger partial charge in [0.1, 0.15) is 5.75 Å². The summed E-state index contributed by atoms with van der Waals surface area (Å²) >= 11 is 1.62. The third-order valence-corrected chi connectivity index (χ3v) is 3.93. The van der Waals surface area contributed by atoms with Crippen LogP contribution >= 0.6 is 11.8 Å². The van der Waals surface area contributed by atoms with Gasteiger partial charge in [-0.1, -0.05) is 19.1 Å². The molecule has 1 atom stereocenters. The lowest BCUT2D eigenvalue weighted by molar-refractivity contribution is -0.118. The number of nitrogens with two attached hydrogens (primary N) is 1. The molecule has 0 saturated carbocycles. The number of ether oxygens (including phenoxy) is 1. The van der Waals surface area contributed by atoms with E-state index in [1.807, 2.05) is 24.3 Å². The molecule has 0 aliphatic rings. The summed E-state index contributed by atoms with van der Waals surface area (Å²) in [7, 11) is 1.63. The highest BCUT2D eigenvalue weighted by Crippen LogP contribution is 2.12. The van der Waals surface area contributed by atoms with Crippen molar-refractivity contribution in [1.29, 1.82) is 0 Å². The predicted octanol–water partition coefficient (Wildman–Crippen LogP) is 1.64. The molecular formula is C14H22N2O2S. The van der Waals surface area contributed by atoms with Gasteiger partial charge in [0.15, 0.2) is 0 Å². The molecule has 1 aromatic rings. The second-order valence-electron chi connectivity index (χ2n) is 4.48. The van der Waals surface area contributed by atoms with Crippen LogP contribution in [-0.4, -0.2) is 31.1 Å². The SMILES string of the molecule is COc1cccc(CNC(=O)CSCC(C)CN)c1. The van der Waals surface area contributed by atoms with Gasteiger partial charge in [-0.25, -0.2) is 0 Å². The molecular weight excluding hydrogens is 260 g/mol. The summed E-state index contributed by atoms with van der Waals surface area (Å²) in [6, 6.07) is 7.68. The normalized spacial score (nSPS) is 11.9. The van der Waals surface area contributed by atoms with E-state index in [0.29, 0.717) is 24.8 Å². The first kappa shape index (κ1) is 15.9. The Bertz CT molecular complexity index is 399. The Hall–Kier alpha value is -1.20. The number of carbonyl (C=O) groups is 1. The van der Waals surface area contributed by atoms with Crippen LogP contribution in [0.1, 0.15) is 12.5 Å². The summed E-state index contributed by atoms with van der Waals surface area (Å²) in [4.78, 5) is 11.6. The first-order chi connectivity index (χ1) is 9.15. The quantitative estimate of drug-likeness (QED) is 0.761. The van der Waals surface area contributed by atoms with Crippen molar-refractivity contribution in [2.24, 2.45) is 11.7 Å². The fraction of sp³-hybridized carbons (Fsp3) is 0.500. The van der Waals surface area contributed by atoms with Crippen LogP contribution in [0.3, 0.4) is 0 Å². The third-order valence-electron chi connectivity index (χ3n) is 2.66. The Morgan fingerprint density at radius 1 is 1.53 bits per heavy atom. The molecule has 4 nitrogen and oxygen atoms in total. The minimum absolute atomic E-state index is 0.0528. The van der Waals surface area contributed by atoms with Crippen molar-refractivity contribution in [2.75, 3.05) is 25.2 Å². The fourth-order valence-corrected chi connectivity index (χ4v) is 2.40. The van der Waals surface area contributed by atoms with Crippen molar-refractivity contribution in [1.82, 2.24) is 5.32 Å². The topological polar surface area (TPSA) is 64.3 Å². The number of benzene rings is 1. The Morgan fingerprint density at radius 2 is 2.32 bits per heavy atom. The number of methoxy groups -OCH3 is 1. The summed E-state index contributed by atoms with van der Waals surface area (Å²) < 4.78 is 5.14. The summed E-state index contributed by atoms with van der Waals surface area (Å²) in [5, 5.41) is 2.90. The summed E-state index contributed by atoms with van der Waals surface area (Å²) in [6.07, 6.45) is 0. The smallest absolute Gasteiger partial charge is 0.230 e. The zero-order chi connectivity index (χ0) is 14.1. The van der Waals surface area contributed by atoms with E-state index in [9.17, 15) is 4.79 Å². The molecule has 0 aliphatic heterocycles. The Balaban J connectivity index is 2.25. The standard InChI is InChI=1S/C14H22N2O2S/c1-11(7-15)9-19-10-14(17)16-8-12-4-3-5-13(6-12)18-2/h3-6,11H,7-10,15H2,1-2H3,(H,16,17). The zero-order valence-corrected chi connectivity index (χ0v) is 12.3. The highest BCUT2D eigenvalue weighted by Gasteiger charge is 2.04. The van der Waals surface area contributed by atoms with E-state index in [4.69, 9.17) is 10.5 Å². The molecule has 106 valence electrons. The highest BCUT2D eigenvalue weighted by molar-refractivity contribution is 7.99. The van der Waals surface area contributed by atoms with Crippen LogP contribution in [0, 0.1) is 5.92 Å². The number of hydrogen-bond donors (Lipinski definition) is 2. The molecule has 19 heavy (non-hydrogen) atoms. The van der Waals surface area contributed by atoms with E-state index in [2.05, 4.69) is 12.2 Å². The van der Waals surface area contributed by atoms with Gasteiger partial charge < -0.3 is 15.8 Å². The second kappa shape index (κ2) is 8.82. The molecule has 0 heterocycles. The number of nitrogens with one attached hydrogen (secondary N) is 1. The van der Waals surface area contributed by atoms with Gasteiger partial charge in [-0.05, 0) is 35.9 Å². The van der Waals surface area contributed by atoms with Gasteiger partial charge in [-0.3, -0.25) is 4.79 Å². The van der Waals surface area contributed by atoms with Crippen LogP contribution in [0.25, 0.3) is 0 Å². The van der Waals surface area contributed by atoms with Crippen LogP contribution in [0.2, 0.25) is 0 Å². The van der Waals surface area contributed by atoms with Crippen LogP contribution < -0.4 is 15.8 Å². The number of carbonyl (C=O) groups excluding carboxylic acids is 1. The van der Waals surface area contributed by atoms with Gasteiger partial charge in [0.05, 0.1) is 12.9 Å². The van der Waals surface area contributed by atoms with Crippen molar-refractivity contribution < 1.29 is 9.53 Å². The maximum absolute atomic E-state index is 11.6. The minimum Gasteiger partial charge on any atom is -0.497 e. The van der Waals surface area contributed by atoms with Crippen LogP contribution in [-0.2, 0) is 11.3 Å². The van der Waals surface area contributed by atoms with Crippen molar-refractivity contribution in [3.8, 4) is 5.75 Å². The van der Waals surface area contributed by atoms with E-state index >= 15 is 0 Å². The van der Waals surface area contributed by atoms with Gasteiger partial charge in [-0.2, -0.15) is 11.8 Å². The van der Waals surface area contributed by atoms with E-state index < -0.39 is 0 Å². The minimum atomic E-state index is 0.0528. The molecule has 1 amide bonds. The third kappa shape index (κ3) is 6.50. The second-order valence-corrected chi connectivity index (χ2v) is 5.51. The molecule has 0 bridgehead atoms. The van der Waals surface area contributed by atoms with E-state index in [1.165, 1.54) is 0 Å². The van der Waals surface area contributed by atoms with E-state index in [1.54, 1.807) is 18.9 Å². The molecule has 0 spiro atoms. The van der Waals surface area contributed by atoms with E-state index in [0.717, 1.165) is 17.1 Å². The monoisotopic (exact) mass is 282 g/mol. The van der Waals surface area contributed by atoms with Gasteiger partial charge in [0.2, 0.25) is 5.91 Å². The molecule has 0 fully saturated rings. The van der Waals surface area contributed by atoms with E-state index in [-0.39, 0.29) is 5.91 Å². The molecule has 0 aliphatic carbocycles. The summed E-state index contributed by atoms with van der Waals surface area (Å²) in [6.45, 7) is 3.28. The fourth-order valence-electron chi connectivity index (χ4n) is 1.45. The van der Waals surface area contributed by atoms with Crippen LogP contribution in [0.4, 0.5) is 0 Å². The lowest BCUT2D eigenvalue weighted by atomic mass is 10.2. The average Bonchev–Trinajstić information content (AvgIpc) is 2.45. The maximum Gasteiger partial charge on any atom is 0.230 e. The zero-order valence-electron chi connectivity index (χ0n) is 11.5. The van der Waals surface area contributed by atoms with Gasteiger partial charge in [0, 0.05) is 6.54 Å². The Labute approximate surface area is 119 Å². The highest BCUT2D eigenvalue weighted by atomic mass is 32.2. The molecule has 0 saturated heterocycles. The van der Waals surface area contributed by atoms with Crippen LogP contribution in [0.5, 0.6) is 5.75 Å². The summed E-state index contributed by atoms with van der Waals surface area (Å²) in [5.74, 6) is 2.71. The number of amides is 1. The van der Waals surface area contributed by atoms with Gasteiger partial charge >= 0.3 is 0 Å². The molecule has 1 rings (SSSR count). The predicted molar refractivity (Wildman–Crippen MR) is 80.4 cm³/mol.